The van der Waals surface area contributed by atoms with E-state index in [1.54, 1.807) is 0 Å². The minimum absolute atomic E-state index is 0.0226. The molecule has 0 amide bonds. The van der Waals surface area contributed by atoms with Crippen molar-refractivity contribution in [3.05, 3.63) is 0 Å². The molecule has 2 atom stereocenters. The van der Waals surface area contributed by atoms with Crippen LogP contribution in [0.4, 0.5) is 0 Å². The number of hydrogen-bond donors (Lipinski definition) is 2. The van der Waals surface area contributed by atoms with Crippen LogP contribution in [0.25, 0.3) is 0 Å². The highest BCUT2D eigenvalue weighted by atomic mass is 32.2. The molecule has 1 aliphatic carbocycles. The quantitative estimate of drug-likeness (QED) is 0.616. The van der Waals surface area contributed by atoms with Crippen LogP contribution in [0.15, 0.2) is 0 Å². The SMILES string of the molecule is CC(CO)CSCCC(C#N)NC1CC1. The molecule has 3 nitrogen and oxygen atoms in total. The Morgan fingerprint density at radius 1 is 1.60 bits per heavy atom. The van der Waals surface area contributed by atoms with E-state index in [9.17, 15) is 0 Å². The first-order chi connectivity index (χ1) is 7.26. The fraction of sp³-hybridized carbons (Fsp3) is 0.909. The summed E-state index contributed by atoms with van der Waals surface area (Å²) in [6.07, 6.45) is 3.37. The summed E-state index contributed by atoms with van der Waals surface area (Å²) in [6.45, 7) is 2.30. The van der Waals surface area contributed by atoms with Gasteiger partial charge in [-0.25, -0.2) is 0 Å². The van der Waals surface area contributed by atoms with Gasteiger partial charge in [-0.3, -0.25) is 5.32 Å². The van der Waals surface area contributed by atoms with E-state index < -0.39 is 0 Å². The highest BCUT2D eigenvalue weighted by molar-refractivity contribution is 7.99. The zero-order valence-electron chi connectivity index (χ0n) is 9.28. The van der Waals surface area contributed by atoms with Crippen LogP contribution in [0, 0.1) is 17.2 Å². The van der Waals surface area contributed by atoms with E-state index in [0.717, 1.165) is 17.9 Å². The number of nitrogens with zero attached hydrogens (tertiary/aromatic N) is 1. The Morgan fingerprint density at radius 2 is 2.33 bits per heavy atom. The third-order valence-corrected chi connectivity index (χ3v) is 3.76. The summed E-state index contributed by atoms with van der Waals surface area (Å²) in [5, 5.41) is 21.1. The second-order valence-corrected chi connectivity index (χ2v) is 5.42. The van der Waals surface area contributed by atoms with Crippen LogP contribution in [-0.2, 0) is 0 Å². The number of rotatable bonds is 8. The maximum atomic E-state index is 8.90. The van der Waals surface area contributed by atoms with Crippen LogP contribution in [0.3, 0.4) is 0 Å². The molecule has 0 saturated heterocycles. The topological polar surface area (TPSA) is 56.0 Å². The Morgan fingerprint density at radius 3 is 2.87 bits per heavy atom. The van der Waals surface area contributed by atoms with E-state index in [1.165, 1.54) is 12.8 Å². The van der Waals surface area contributed by atoms with Gasteiger partial charge in [0.1, 0.15) is 0 Å². The molecule has 1 aliphatic rings. The molecule has 2 unspecified atom stereocenters. The smallest absolute Gasteiger partial charge is 0.0963 e. The number of aliphatic hydroxyl groups excluding tert-OH is 1. The molecule has 0 bridgehead atoms. The number of aliphatic hydroxyl groups is 1. The Labute approximate surface area is 96.2 Å². The van der Waals surface area contributed by atoms with Crippen molar-refractivity contribution in [3.8, 4) is 6.07 Å². The maximum Gasteiger partial charge on any atom is 0.0963 e. The van der Waals surface area contributed by atoms with Crippen molar-refractivity contribution >= 4 is 11.8 Å². The molecular formula is C11H20N2OS. The van der Waals surface area contributed by atoms with Gasteiger partial charge in [0.05, 0.1) is 12.1 Å². The normalized spacial score (nSPS) is 19.5. The van der Waals surface area contributed by atoms with Crippen LogP contribution in [-0.4, -0.2) is 35.3 Å². The van der Waals surface area contributed by atoms with E-state index in [-0.39, 0.29) is 12.6 Å². The van der Waals surface area contributed by atoms with Crippen molar-refractivity contribution in [1.29, 1.82) is 5.26 Å². The zero-order chi connectivity index (χ0) is 11.1. The third-order valence-electron chi connectivity index (χ3n) is 2.43. The van der Waals surface area contributed by atoms with Crippen molar-refractivity contribution in [2.24, 2.45) is 5.92 Å². The predicted molar refractivity (Wildman–Crippen MR) is 63.8 cm³/mol. The molecule has 4 heteroatoms. The molecule has 2 N–H and O–H groups in total. The van der Waals surface area contributed by atoms with E-state index in [1.807, 2.05) is 18.7 Å². The van der Waals surface area contributed by atoms with Gasteiger partial charge in [-0.2, -0.15) is 17.0 Å². The molecule has 0 aromatic rings. The Kier molecular flexibility index (Phi) is 6.07. The highest BCUT2D eigenvalue weighted by Gasteiger charge is 2.24. The van der Waals surface area contributed by atoms with Crippen LogP contribution in [0.1, 0.15) is 26.2 Å². The monoisotopic (exact) mass is 228 g/mol. The average molecular weight is 228 g/mol. The van der Waals surface area contributed by atoms with Crippen molar-refractivity contribution in [2.45, 2.75) is 38.3 Å². The van der Waals surface area contributed by atoms with Crippen LogP contribution in [0.2, 0.25) is 0 Å². The van der Waals surface area contributed by atoms with Gasteiger partial charge in [-0.15, -0.1) is 0 Å². The first kappa shape index (κ1) is 12.8. The summed E-state index contributed by atoms with van der Waals surface area (Å²) in [5.74, 6) is 2.35. The predicted octanol–water partition coefficient (Wildman–Crippen LogP) is 1.38. The van der Waals surface area contributed by atoms with Gasteiger partial charge in [0, 0.05) is 12.6 Å². The van der Waals surface area contributed by atoms with Gasteiger partial charge in [0.15, 0.2) is 0 Å². The molecular weight excluding hydrogens is 208 g/mol. The maximum absolute atomic E-state index is 8.90. The molecule has 86 valence electrons. The Hall–Kier alpha value is -0.240. The van der Waals surface area contributed by atoms with Crippen LogP contribution in [0.5, 0.6) is 0 Å². The summed E-state index contributed by atoms with van der Waals surface area (Å²) in [5.41, 5.74) is 0. The molecule has 0 aromatic carbocycles. The second-order valence-electron chi connectivity index (χ2n) is 4.27. The number of nitriles is 1. The fourth-order valence-corrected chi connectivity index (χ4v) is 2.33. The van der Waals surface area contributed by atoms with Gasteiger partial charge < -0.3 is 5.11 Å². The van der Waals surface area contributed by atoms with E-state index in [0.29, 0.717) is 12.0 Å². The second kappa shape index (κ2) is 7.10. The van der Waals surface area contributed by atoms with Gasteiger partial charge >= 0.3 is 0 Å². The van der Waals surface area contributed by atoms with Crippen molar-refractivity contribution < 1.29 is 5.11 Å². The first-order valence-electron chi connectivity index (χ1n) is 5.60. The van der Waals surface area contributed by atoms with Gasteiger partial charge in [-0.05, 0) is 36.7 Å². The molecule has 0 aliphatic heterocycles. The summed E-state index contributed by atoms with van der Waals surface area (Å²) in [6, 6.07) is 2.93. The first-order valence-corrected chi connectivity index (χ1v) is 6.76. The lowest BCUT2D eigenvalue weighted by molar-refractivity contribution is 0.250. The van der Waals surface area contributed by atoms with E-state index in [4.69, 9.17) is 10.4 Å². The lowest BCUT2D eigenvalue weighted by Crippen LogP contribution is -2.30. The van der Waals surface area contributed by atoms with Gasteiger partial charge in [0.2, 0.25) is 0 Å². The summed E-state index contributed by atoms with van der Waals surface area (Å²) >= 11 is 1.83. The zero-order valence-corrected chi connectivity index (χ0v) is 10.1. The van der Waals surface area contributed by atoms with E-state index >= 15 is 0 Å². The van der Waals surface area contributed by atoms with Crippen LogP contribution < -0.4 is 5.32 Å². The van der Waals surface area contributed by atoms with Crippen molar-refractivity contribution in [1.82, 2.24) is 5.32 Å². The highest BCUT2D eigenvalue weighted by Crippen LogP contribution is 2.20. The minimum atomic E-state index is 0.0226. The third kappa shape index (κ3) is 6.03. The van der Waals surface area contributed by atoms with Crippen molar-refractivity contribution in [2.75, 3.05) is 18.1 Å². The molecule has 1 fully saturated rings. The average Bonchev–Trinajstić information content (AvgIpc) is 3.05. The molecule has 15 heavy (non-hydrogen) atoms. The minimum Gasteiger partial charge on any atom is -0.396 e. The van der Waals surface area contributed by atoms with Crippen LogP contribution >= 0.6 is 11.8 Å². The van der Waals surface area contributed by atoms with Crippen molar-refractivity contribution in [3.63, 3.8) is 0 Å². The Balaban J connectivity index is 1.99. The van der Waals surface area contributed by atoms with Gasteiger partial charge in [-0.1, -0.05) is 6.92 Å². The number of nitrogens with one attached hydrogen (secondary N) is 1. The molecule has 0 aromatic heterocycles. The summed E-state index contributed by atoms with van der Waals surface area (Å²) in [7, 11) is 0. The lowest BCUT2D eigenvalue weighted by atomic mass is 10.2. The molecule has 1 saturated carbocycles. The molecule has 0 radical (unpaired) electrons. The fourth-order valence-electron chi connectivity index (χ4n) is 1.26. The lowest BCUT2D eigenvalue weighted by Gasteiger charge is -2.11. The summed E-state index contributed by atoms with van der Waals surface area (Å²) in [4.78, 5) is 0. The van der Waals surface area contributed by atoms with E-state index in [2.05, 4.69) is 11.4 Å². The molecule has 0 heterocycles. The standard InChI is InChI=1S/C11H20N2OS/c1-9(7-14)8-15-5-4-11(6-12)13-10-2-3-10/h9-11,13-14H,2-5,7-8H2,1H3. The Bertz CT molecular complexity index is 213. The largest absolute Gasteiger partial charge is 0.396 e. The summed E-state index contributed by atoms with van der Waals surface area (Å²) < 4.78 is 0. The number of hydrogen-bond acceptors (Lipinski definition) is 4. The van der Waals surface area contributed by atoms with Gasteiger partial charge in [0.25, 0.3) is 0 Å². The molecule has 0 spiro atoms. The number of thioether (sulfide) groups is 1. The molecule has 1 rings (SSSR count).